The molecule has 0 aliphatic heterocycles. The molecular weight excluding hydrogens is 293 g/mol. The van der Waals surface area contributed by atoms with Gasteiger partial charge in [-0.1, -0.05) is 0 Å². The second-order valence-corrected chi connectivity index (χ2v) is 5.09. The summed E-state index contributed by atoms with van der Waals surface area (Å²) in [6, 6.07) is 13.1. The molecule has 0 fully saturated rings. The summed E-state index contributed by atoms with van der Waals surface area (Å²) in [4.78, 5) is 14.0. The van der Waals surface area contributed by atoms with Gasteiger partial charge in [0.25, 0.3) is 0 Å². The predicted molar refractivity (Wildman–Crippen MR) is 89.0 cm³/mol. The normalized spacial score (nSPS) is 10.3. The lowest BCUT2D eigenvalue weighted by Gasteiger charge is -2.12. The van der Waals surface area contributed by atoms with Crippen LogP contribution < -0.4 is 10.2 Å². The van der Waals surface area contributed by atoms with Gasteiger partial charge in [-0.25, -0.2) is 4.39 Å². The van der Waals surface area contributed by atoms with Gasteiger partial charge in [-0.15, -0.1) is 0 Å². The van der Waals surface area contributed by atoms with Crippen molar-refractivity contribution in [3.63, 3.8) is 0 Å². The molecule has 1 N–H and O–H groups in total. The largest absolute Gasteiger partial charge is 0.378 e. The van der Waals surface area contributed by atoms with E-state index in [1.807, 2.05) is 43.3 Å². The molecule has 0 amide bonds. The quantitative estimate of drug-likeness (QED) is 0.677. The van der Waals surface area contributed by atoms with Gasteiger partial charge in [0.05, 0.1) is 5.56 Å². The maximum absolute atomic E-state index is 13.2. The van der Waals surface area contributed by atoms with Crippen LogP contribution in [0.4, 0.5) is 15.8 Å². The molecule has 0 aromatic heterocycles. The summed E-state index contributed by atoms with van der Waals surface area (Å²) in [5.74, 6) is -0.939. The number of allylic oxidation sites excluding steroid dienone is 1. The van der Waals surface area contributed by atoms with Gasteiger partial charge < -0.3 is 10.2 Å². The summed E-state index contributed by atoms with van der Waals surface area (Å²) in [7, 11) is 3.92. The average Bonchev–Trinajstić information content (AvgIpc) is 2.55. The van der Waals surface area contributed by atoms with Crippen LogP contribution >= 0.6 is 0 Å². The lowest BCUT2D eigenvalue weighted by Crippen LogP contribution is -2.08. The van der Waals surface area contributed by atoms with E-state index in [-0.39, 0.29) is 16.9 Å². The Kier molecular flexibility index (Phi) is 5.11. The molecule has 0 aliphatic carbocycles. The summed E-state index contributed by atoms with van der Waals surface area (Å²) in [6.45, 7) is 0. The third-order valence-corrected chi connectivity index (χ3v) is 3.24. The second-order valence-electron chi connectivity index (χ2n) is 5.09. The minimum Gasteiger partial charge on any atom is -0.378 e. The molecule has 4 nitrogen and oxygen atoms in total. The van der Waals surface area contributed by atoms with E-state index in [0.29, 0.717) is 0 Å². The number of nitriles is 1. The van der Waals surface area contributed by atoms with Crippen LogP contribution in [0.5, 0.6) is 0 Å². The summed E-state index contributed by atoms with van der Waals surface area (Å²) < 4.78 is 13.2. The first kappa shape index (κ1) is 16.2. The van der Waals surface area contributed by atoms with Crippen LogP contribution in [0.15, 0.2) is 54.7 Å². The van der Waals surface area contributed by atoms with Gasteiger partial charge in [-0.2, -0.15) is 5.26 Å². The highest BCUT2D eigenvalue weighted by Gasteiger charge is 2.07. The average molecular weight is 309 g/mol. The molecule has 2 rings (SSSR count). The number of hydrogen-bond donors (Lipinski definition) is 1. The number of rotatable bonds is 5. The molecule has 0 heterocycles. The van der Waals surface area contributed by atoms with Crippen molar-refractivity contribution in [2.24, 2.45) is 0 Å². The molecule has 0 bridgehead atoms. The number of carbonyl (C=O) groups is 1. The highest BCUT2D eigenvalue weighted by atomic mass is 19.1. The molecule has 0 spiro atoms. The minimum absolute atomic E-state index is 0.142. The predicted octanol–water partition coefficient (Wildman–Crippen LogP) is 3.57. The van der Waals surface area contributed by atoms with Crippen LogP contribution in [0, 0.1) is 17.1 Å². The fourth-order valence-corrected chi connectivity index (χ4v) is 1.93. The number of nitrogens with one attached hydrogen (secondary N) is 1. The Bertz CT molecular complexity index is 774. The van der Waals surface area contributed by atoms with Gasteiger partial charge in [0.15, 0.2) is 5.78 Å². The maximum Gasteiger partial charge on any atom is 0.187 e. The number of nitrogens with zero attached hydrogens (tertiary/aromatic N) is 2. The van der Waals surface area contributed by atoms with Crippen molar-refractivity contribution in [2.45, 2.75) is 0 Å². The summed E-state index contributed by atoms with van der Waals surface area (Å²) in [6.07, 6.45) is 2.86. The van der Waals surface area contributed by atoms with E-state index < -0.39 is 5.82 Å². The molecule has 116 valence electrons. The lowest BCUT2D eigenvalue weighted by molar-refractivity contribution is 0.104. The Hall–Kier alpha value is -3.13. The number of anilines is 2. The zero-order chi connectivity index (χ0) is 16.8. The summed E-state index contributed by atoms with van der Waals surface area (Å²) >= 11 is 0. The Labute approximate surface area is 134 Å². The second kappa shape index (κ2) is 7.23. The minimum atomic E-state index is -0.632. The van der Waals surface area contributed by atoms with E-state index in [2.05, 4.69) is 5.32 Å². The maximum atomic E-state index is 13.2. The van der Waals surface area contributed by atoms with Gasteiger partial charge >= 0.3 is 0 Å². The Balaban J connectivity index is 2.03. The number of halogens is 1. The molecule has 0 saturated carbocycles. The van der Waals surface area contributed by atoms with Crippen LogP contribution in [-0.4, -0.2) is 19.9 Å². The molecule has 5 heteroatoms. The van der Waals surface area contributed by atoms with Crippen molar-refractivity contribution >= 4 is 17.2 Å². The summed E-state index contributed by atoms with van der Waals surface area (Å²) in [5.41, 5.74) is 2.04. The van der Waals surface area contributed by atoms with Crippen LogP contribution in [0.3, 0.4) is 0 Å². The molecular formula is C18H16FN3O. The monoisotopic (exact) mass is 309 g/mol. The molecule has 2 aromatic rings. The van der Waals surface area contributed by atoms with Crippen molar-refractivity contribution in [3.05, 3.63) is 71.7 Å². The summed E-state index contributed by atoms with van der Waals surface area (Å²) in [5, 5.41) is 11.8. The third kappa shape index (κ3) is 4.17. The highest BCUT2D eigenvalue weighted by Crippen LogP contribution is 2.16. The fourth-order valence-electron chi connectivity index (χ4n) is 1.93. The van der Waals surface area contributed by atoms with Gasteiger partial charge in [0.2, 0.25) is 0 Å². The van der Waals surface area contributed by atoms with Gasteiger partial charge in [-0.3, -0.25) is 4.79 Å². The highest BCUT2D eigenvalue weighted by molar-refractivity contribution is 6.04. The Morgan fingerprint density at radius 2 is 1.91 bits per heavy atom. The van der Waals surface area contributed by atoms with Gasteiger partial charge in [0.1, 0.15) is 11.9 Å². The van der Waals surface area contributed by atoms with Crippen LogP contribution in [-0.2, 0) is 0 Å². The molecule has 0 unspecified atom stereocenters. The number of hydrogen-bond acceptors (Lipinski definition) is 4. The molecule has 2 aromatic carbocycles. The van der Waals surface area contributed by atoms with Crippen LogP contribution in [0.2, 0.25) is 0 Å². The van der Waals surface area contributed by atoms with E-state index in [1.54, 1.807) is 6.07 Å². The smallest absolute Gasteiger partial charge is 0.187 e. The fraction of sp³-hybridized carbons (Fsp3) is 0.111. The van der Waals surface area contributed by atoms with Gasteiger partial charge in [-0.05, 0) is 42.5 Å². The first-order valence-corrected chi connectivity index (χ1v) is 6.95. The number of ketones is 1. The third-order valence-electron chi connectivity index (χ3n) is 3.24. The zero-order valence-corrected chi connectivity index (χ0v) is 12.9. The first-order valence-electron chi connectivity index (χ1n) is 6.95. The Morgan fingerprint density at radius 3 is 2.52 bits per heavy atom. The van der Waals surface area contributed by atoms with Crippen molar-refractivity contribution in [3.8, 4) is 6.07 Å². The van der Waals surface area contributed by atoms with Gasteiger partial charge in [0, 0.05) is 43.3 Å². The van der Waals surface area contributed by atoms with Crippen molar-refractivity contribution < 1.29 is 9.18 Å². The van der Waals surface area contributed by atoms with E-state index in [0.717, 1.165) is 17.4 Å². The van der Waals surface area contributed by atoms with Crippen molar-refractivity contribution in [1.29, 1.82) is 5.26 Å². The van der Waals surface area contributed by atoms with Crippen LogP contribution in [0.25, 0.3) is 0 Å². The first-order chi connectivity index (χ1) is 11.0. The Morgan fingerprint density at radius 1 is 1.22 bits per heavy atom. The van der Waals surface area contributed by atoms with E-state index in [4.69, 9.17) is 5.26 Å². The molecule has 0 aliphatic rings. The number of carbonyl (C=O) groups excluding carboxylic acids is 1. The lowest BCUT2D eigenvalue weighted by atomic mass is 10.1. The molecule has 0 radical (unpaired) electrons. The molecule has 23 heavy (non-hydrogen) atoms. The van der Waals surface area contributed by atoms with Crippen LogP contribution in [0.1, 0.15) is 15.9 Å². The van der Waals surface area contributed by atoms with E-state index >= 15 is 0 Å². The topological polar surface area (TPSA) is 56.1 Å². The molecule has 0 atom stereocenters. The van der Waals surface area contributed by atoms with Crippen molar-refractivity contribution in [1.82, 2.24) is 0 Å². The SMILES string of the molecule is CN(C)c1ccc(N/C=C/C(=O)c2ccc(F)c(C#N)c2)cc1. The zero-order valence-electron chi connectivity index (χ0n) is 12.9. The van der Waals surface area contributed by atoms with Crippen molar-refractivity contribution in [2.75, 3.05) is 24.3 Å². The standard InChI is InChI=1S/C18H16FN3O/c1-22(2)16-6-4-15(5-7-16)21-10-9-18(23)13-3-8-17(19)14(11-13)12-20/h3-11,21H,1-2H3/b10-9+. The van der Waals surface area contributed by atoms with E-state index in [1.165, 1.54) is 24.4 Å². The van der Waals surface area contributed by atoms with E-state index in [9.17, 15) is 9.18 Å². The molecule has 0 saturated heterocycles. The number of benzene rings is 2.